The van der Waals surface area contributed by atoms with E-state index in [2.05, 4.69) is 6.58 Å². The first-order valence-electron chi connectivity index (χ1n) is 3.98. The molecule has 1 aromatic rings. The van der Waals surface area contributed by atoms with Gasteiger partial charge in [-0.3, -0.25) is 0 Å². The van der Waals surface area contributed by atoms with Gasteiger partial charge in [0.25, 0.3) is 0 Å². The van der Waals surface area contributed by atoms with E-state index in [1.54, 1.807) is 12.1 Å². The normalized spacial score (nSPS) is 11.0. The predicted octanol–water partition coefficient (Wildman–Crippen LogP) is 1.71. The Balaban J connectivity index is 3.07. The van der Waals surface area contributed by atoms with Crippen molar-refractivity contribution < 1.29 is 13.2 Å². The SMILES string of the molecule is C=C(OC)c1ccc(S(C)(=O)=O)cc1. The smallest absolute Gasteiger partial charge is 0.175 e. The molecule has 0 bridgehead atoms. The van der Waals surface area contributed by atoms with Crippen molar-refractivity contribution in [2.75, 3.05) is 13.4 Å². The van der Waals surface area contributed by atoms with Crippen LogP contribution in [-0.4, -0.2) is 21.8 Å². The van der Waals surface area contributed by atoms with Gasteiger partial charge in [0.1, 0.15) is 5.76 Å². The number of hydrogen-bond acceptors (Lipinski definition) is 3. The summed E-state index contributed by atoms with van der Waals surface area (Å²) in [5.74, 6) is 0.519. The predicted molar refractivity (Wildman–Crippen MR) is 55.6 cm³/mol. The monoisotopic (exact) mass is 212 g/mol. The van der Waals surface area contributed by atoms with Crippen LogP contribution in [0.1, 0.15) is 5.56 Å². The second-order valence-corrected chi connectivity index (χ2v) is 4.94. The molecule has 0 heterocycles. The van der Waals surface area contributed by atoms with Crippen molar-refractivity contribution >= 4 is 15.6 Å². The van der Waals surface area contributed by atoms with Crippen LogP contribution in [0, 0.1) is 0 Å². The van der Waals surface area contributed by atoms with Crippen molar-refractivity contribution in [3.63, 3.8) is 0 Å². The third kappa shape index (κ3) is 2.35. The van der Waals surface area contributed by atoms with Gasteiger partial charge >= 0.3 is 0 Å². The van der Waals surface area contributed by atoms with Crippen molar-refractivity contribution in [1.29, 1.82) is 0 Å². The highest BCUT2D eigenvalue weighted by Crippen LogP contribution is 2.16. The molecule has 76 valence electrons. The first-order chi connectivity index (χ1) is 6.45. The fraction of sp³-hybridized carbons (Fsp3) is 0.200. The van der Waals surface area contributed by atoms with Crippen molar-refractivity contribution in [1.82, 2.24) is 0 Å². The van der Waals surface area contributed by atoms with Gasteiger partial charge in [-0.2, -0.15) is 0 Å². The van der Waals surface area contributed by atoms with Crippen molar-refractivity contribution in [2.45, 2.75) is 4.90 Å². The molecule has 0 saturated carbocycles. The highest BCUT2D eigenvalue weighted by atomic mass is 32.2. The molecule has 14 heavy (non-hydrogen) atoms. The Hall–Kier alpha value is -1.29. The van der Waals surface area contributed by atoms with Gasteiger partial charge in [-0.05, 0) is 24.3 Å². The Bertz CT molecular complexity index is 429. The molecule has 0 amide bonds. The second kappa shape index (κ2) is 3.84. The van der Waals surface area contributed by atoms with Crippen LogP contribution in [0.25, 0.3) is 5.76 Å². The molecule has 0 spiro atoms. The summed E-state index contributed by atoms with van der Waals surface area (Å²) in [5, 5.41) is 0. The first-order valence-corrected chi connectivity index (χ1v) is 5.87. The van der Waals surface area contributed by atoms with E-state index in [0.29, 0.717) is 10.7 Å². The number of hydrogen-bond donors (Lipinski definition) is 0. The summed E-state index contributed by atoms with van der Waals surface area (Å²) in [4.78, 5) is 0.296. The lowest BCUT2D eigenvalue weighted by Gasteiger charge is -2.04. The number of rotatable bonds is 3. The molecule has 1 rings (SSSR count). The maximum Gasteiger partial charge on any atom is 0.175 e. The quantitative estimate of drug-likeness (QED) is 0.716. The average Bonchev–Trinajstić information content (AvgIpc) is 2.15. The summed E-state index contributed by atoms with van der Waals surface area (Å²) in [6, 6.07) is 6.41. The molecular weight excluding hydrogens is 200 g/mol. The Kier molecular flexibility index (Phi) is 2.96. The lowest BCUT2D eigenvalue weighted by Crippen LogP contribution is -1.96. The van der Waals surface area contributed by atoms with Crippen LogP contribution in [0.15, 0.2) is 35.7 Å². The molecule has 0 atom stereocenters. The van der Waals surface area contributed by atoms with Gasteiger partial charge in [-0.15, -0.1) is 0 Å². The number of sulfone groups is 1. The lowest BCUT2D eigenvalue weighted by atomic mass is 10.2. The molecule has 0 saturated heterocycles. The largest absolute Gasteiger partial charge is 0.497 e. The molecular formula is C10H12O3S. The highest BCUT2D eigenvalue weighted by Gasteiger charge is 2.06. The molecule has 1 aromatic carbocycles. The molecule has 3 nitrogen and oxygen atoms in total. The molecule has 0 aliphatic rings. The van der Waals surface area contributed by atoms with Gasteiger partial charge in [-0.25, -0.2) is 8.42 Å². The third-order valence-electron chi connectivity index (χ3n) is 1.85. The van der Waals surface area contributed by atoms with E-state index in [4.69, 9.17) is 4.74 Å². The van der Waals surface area contributed by atoms with Gasteiger partial charge in [0.2, 0.25) is 0 Å². The van der Waals surface area contributed by atoms with Gasteiger partial charge in [0.15, 0.2) is 9.84 Å². The molecule has 0 unspecified atom stereocenters. The molecule has 0 radical (unpaired) electrons. The zero-order valence-corrected chi connectivity index (χ0v) is 8.97. The zero-order valence-electron chi connectivity index (χ0n) is 8.15. The maximum atomic E-state index is 11.1. The average molecular weight is 212 g/mol. The standard InChI is InChI=1S/C10H12O3S/c1-8(13-2)9-4-6-10(7-5-9)14(3,11)12/h4-7H,1H2,2-3H3. The third-order valence-corrected chi connectivity index (χ3v) is 2.98. The van der Waals surface area contributed by atoms with E-state index in [-0.39, 0.29) is 0 Å². The number of benzene rings is 1. The van der Waals surface area contributed by atoms with Gasteiger partial charge in [-0.1, -0.05) is 6.58 Å². The maximum absolute atomic E-state index is 11.1. The highest BCUT2D eigenvalue weighted by molar-refractivity contribution is 7.90. The van der Waals surface area contributed by atoms with Crippen LogP contribution in [0.3, 0.4) is 0 Å². The fourth-order valence-electron chi connectivity index (χ4n) is 1.01. The van der Waals surface area contributed by atoms with E-state index in [1.807, 2.05) is 0 Å². The van der Waals surface area contributed by atoms with Crippen LogP contribution in [0.4, 0.5) is 0 Å². The van der Waals surface area contributed by atoms with E-state index >= 15 is 0 Å². The second-order valence-electron chi connectivity index (χ2n) is 2.92. The van der Waals surface area contributed by atoms with Crippen LogP contribution in [0.5, 0.6) is 0 Å². The lowest BCUT2D eigenvalue weighted by molar-refractivity contribution is 0.371. The minimum atomic E-state index is -3.12. The van der Waals surface area contributed by atoms with Crippen molar-refractivity contribution in [3.05, 3.63) is 36.4 Å². The summed E-state index contributed by atoms with van der Waals surface area (Å²) < 4.78 is 27.2. The van der Waals surface area contributed by atoms with E-state index in [1.165, 1.54) is 25.5 Å². The van der Waals surface area contributed by atoms with E-state index in [9.17, 15) is 8.42 Å². The summed E-state index contributed by atoms with van der Waals surface area (Å²) >= 11 is 0. The van der Waals surface area contributed by atoms with Gasteiger partial charge in [0, 0.05) is 11.8 Å². The molecule has 0 N–H and O–H groups in total. The summed E-state index contributed by atoms with van der Waals surface area (Å²) in [6.07, 6.45) is 1.17. The Labute approximate surface area is 83.9 Å². The van der Waals surface area contributed by atoms with Crippen LogP contribution in [0.2, 0.25) is 0 Å². The van der Waals surface area contributed by atoms with Crippen LogP contribution >= 0.6 is 0 Å². The van der Waals surface area contributed by atoms with Crippen molar-refractivity contribution in [2.24, 2.45) is 0 Å². The Morgan fingerprint density at radius 1 is 1.29 bits per heavy atom. The van der Waals surface area contributed by atoms with Gasteiger partial charge < -0.3 is 4.74 Å². The molecule has 0 aliphatic carbocycles. The Morgan fingerprint density at radius 2 is 1.79 bits per heavy atom. The molecule has 0 aliphatic heterocycles. The topological polar surface area (TPSA) is 43.4 Å². The number of ether oxygens (including phenoxy) is 1. The summed E-state index contributed by atoms with van der Waals surface area (Å²) in [5.41, 5.74) is 0.778. The van der Waals surface area contributed by atoms with Crippen LogP contribution in [-0.2, 0) is 14.6 Å². The summed E-state index contributed by atoms with van der Waals surface area (Å²) in [7, 11) is -1.60. The van der Waals surface area contributed by atoms with Gasteiger partial charge in [0.05, 0.1) is 12.0 Å². The molecule has 4 heteroatoms. The van der Waals surface area contributed by atoms with Crippen LogP contribution < -0.4 is 0 Å². The Morgan fingerprint density at radius 3 is 2.14 bits per heavy atom. The van der Waals surface area contributed by atoms with Crippen molar-refractivity contribution in [3.8, 4) is 0 Å². The number of methoxy groups -OCH3 is 1. The zero-order chi connectivity index (χ0) is 10.8. The molecule has 0 fully saturated rings. The van der Waals surface area contributed by atoms with E-state index < -0.39 is 9.84 Å². The first kappa shape index (κ1) is 10.8. The minimum absolute atomic E-state index is 0.296. The molecule has 0 aromatic heterocycles. The minimum Gasteiger partial charge on any atom is -0.497 e. The van der Waals surface area contributed by atoms with E-state index in [0.717, 1.165) is 5.56 Å². The summed E-state index contributed by atoms with van der Waals surface area (Å²) in [6.45, 7) is 3.66. The fourth-order valence-corrected chi connectivity index (χ4v) is 1.64.